The van der Waals surface area contributed by atoms with Crippen LogP contribution in [0.15, 0.2) is 0 Å². The molecule has 2 aliphatic rings. The van der Waals surface area contributed by atoms with Gasteiger partial charge in [0.05, 0.1) is 6.61 Å². The van der Waals surface area contributed by atoms with Crippen molar-refractivity contribution in [3.8, 4) is 0 Å². The average Bonchev–Trinajstić information content (AvgIpc) is 2.90. The SMILES string of the molecule is COCC1CCCN(C(=O)CCC2CCNC2)C1. The first kappa shape index (κ1) is 13.8. The summed E-state index contributed by atoms with van der Waals surface area (Å²) >= 11 is 0. The molecular weight excluding hydrogens is 228 g/mol. The minimum absolute atomic E-state index is 0.350. The predicted molar refractivity (Wildman–Crippen MR) is 71.4 cm³/mol. The van der Waals surface area contributed by atoms with Crippen LogP contribution in [-0.4, -0.2) is 50.7 Å². The molecule has 1 amide bonds. The monoisotopic (exact) mass is 254 g/mol. The summed E-state index contributed by atoms with van der Waals surface area (Å²) in [6.45, 7) is 4.85. The highest BCUT2D eigenvalue weighted by atomic mass is 16.5. The fourth-order valence-corrected chi connectivity index (χ4v) is 3.11. The van der Waals surface area contributed by atoms with E-state index in [0.717, 1.165) is 52.0 Å². The molecule has 0 bridgehead atoms. The van der Waals surface area contributed by atoms with Crippen LogP contribution in [-0.2, 0) is 9.53 Å². The van der Waals surface area contributed by atoms with Gasteiger partial charge in [0.15, 0.2) is 0 Å². The van der Waals surface area contributed by atoms with Crippen LogP contribution in [0, 0.1) is 11.8 Å². The summed E-state index contributed by atoms with van der Waals surface area (Å²) in [5, 5.41) is 3.36. The van der Waals surface area contributed by atoms with Crippen molar-refractivity contribution < 1.29 is 9.53 Å². The number of rotatable bonds is 5. The molecule has 2 unspecified atom stereocenters. The Kier molecular flexibility index (Phi) is 5.45. The maximum Gasteiger partial charge on any atom is 0.222 e. The van der Waals surface area contributed by atoms with Crippen molar-refractivity contribution in [2.24, 2.45) is 11.8 Å². The van der Waals surface area contributed by atoms with Gasteiger partial charge < -0.3 is 15.0 Å². The number of carbonyl (C=O) groups is 1. The lowest BCUT2D eigenvalue weighted by Crippen LogP contribution is -2.41. The number of methoxy groups -OCH3 is 1. The molecule has 0 aromatic heterocycles. The van der Waals surface area contributed by atoms with Crippen molar-refractivity contribution in [3.05, 3.63) is 0 Å². The number of amides is 1. The van der Waals surface area contributed by atoms with Crippen molar-refractivity contribution >= 4 is 5.91 Å². The number of nitrogens with zero attached hydrogens (tertiary/aromatic N) is 1. The fraction of sp³-hybridized carbons (Fsp3) is 0.929. The van der Waals surface area contributed by atoms with Gasteiger partial charge in [0.25, 0.3) is 0 Å². The molecule has 2 heterocycles. The van der Waals surface area contributed by atoms with Crippen molar-refractivity contribution in [1.29, 1.82) is 0 Å². The summed E-state index contributed by atoms with van der Waals surface area (Å²) in [7, 11) is 1.74. The molecule has 2 fully saturated rings. The Morgan fingerprint density at radius 1 is 1.39 bits per heavy atom. The minimum atomic E-state index is 0.350. The third-order valence-corrected chi connectivity index (χ3v) is 4.20. The molecule has 4 nitrogen and oxygen atoms in total. The lowest BCUT2D eigenvalue weighted by molar-refractivity contribution is -0.133. The zero-order valence-corrected chi connectivity index (χ0v) is 11.5. The summed E-state index contributed by atoms with van der Waals surface area (Å²) in [6.07, 6.45) is 5.35. The van der Waals surface area contributed by atoms with E-state index in [1.807, 2.05) is 0 Å². The fourth-order valence-electron chi connectivity index (χ4n) is 3.11. The summed E-state index contributed by atoms with van der Waals surface area (Å²) < 4.78 is 5.20. The second-order valence-corrected chi connectivity index (χ2v) is 5.70. The highest BCUT2D eigenvalue weighted by Gasteiger charge is 2.24. The summed E-state index contributed by atoms with van der Waals surface area (Å²) in [4.78, 5) is 14.2. The molecule has 2 rings (SSSR count). The van der Waals surface area contributed by atoms with Gasteiger partial charge in [-0.25, -0.2) is 0 Å². The van der Waals surface area contributed by atoms with Gasteiger partial charge >= 0.3 is 0 Å². The largest absolute Gasteiger partial charge is 0.384 e. The molecule has 4 heteroatoms. The number of nitrogens with one attached hydrogen (secondary N) is 1. The third-order valence-electron chi connectivity index (χ3n) is 4.20. The first-order chi connectivity index (χ1) is 8.79. The van der Waals surface area contributed by atoms with Crippen LogP contribution in [0.1, 0.15) is 32.1 Å². The molecule has 0 spiro atoms. The van der Waals surface area contributed by atoms with Gasteiger partial charge in [-0.1, -0.05) is 0 Å². The van der Waals surface area contributed by atoms with Crippen molar-refractivity contribution in [1.82, 2.24) is 10.2 Å². The van der Waals surface area contributed by atoms with Crippen molar-refractivity contribution in [3.63, 3.8) is 0 Å². The lowest BCUT2D eigenvalue weighted by atomic mass is 9.97. The van der Waals surface area contributed by atoms with E-state index in [1.165, 1.54) is 12.8 Å². The molecule has 0 aromatic carbocycles. The van der Waals surface area contributed by atoms with Gasteiger partial charge in [-0.05, 0) is 50.6 Å². The molecule has 2 saturated heterocycles. The molecule has 2 aliphatic heterocycles. The molecule has 1 N–H and O–H groups in total. The van der Waals surface area contributed by atoms with Crippen molar-refractivity contribution in [2.45, 2.75) is 32.1 Å². The Bertz CT molecular complexity index is 263. The zero-order chi connectivity index (χ0) is 12.8. The van der Waals surface area contributed by atoms with Crippen LogP contribution >= 0.6 is 0 Å². The Morgan fingerprint density at radius 2 is 2.28 bits per heavy atom. The zero-order valence-electron chi connectivity index (χ0n) is 11.5. The minimum Gasteiger partial charge on any atom is -0.384 e. The molecule has 104 valence electrons. The van der Waals surface area contributed by atoms with E-state index in [2.05, 4.69) is 10.2 Å². The van der Waals surface area contributed by atoms with Gasteiger partial charge in [-0.2, -0.15) is 0 Å². The highest BCUT2D eigenvalue weighted by Crippen LogP contribution is 2.20. The predicted octanol–water partition coefficient (Wildman–Crippen LogP) is 1.26. The first-order valence-electron chi connectivity index (χ1n) is 7.27. The number of piperidine rings is 1. The third kappa shape index (κ3) is 3.95. The first-order valence-corrected chi connectivity index (χ1v) is 7.27. The lowest BCUT2D eigenvalue weighted by Gasteiger charge is -2.32. The molecule has 2 atom stereocenters. The number of hydrogen-bond donors (Lipinski definition) is 1. The quantitative estimate of drug-likeness (QED) is 0.803. The molecule has 0 radical (unpaired) electrons. The van der Waals surface area contributed by atoms with E-state index in [9.17, 15) is 4.79 Å². The molecule has 0 aliphatic carbocycles. The van der Waals surface area contributed by atoms with Crippen LogP contribution in [0.25, 0.3) is 0 Å². The highest BCUT2D eigenvalue weighted by molar-refractivity contribution is 5.76. The van der Waals surface area contributed by atoms with Crippen LogP contribution in [0.5, 0.6) is 0 Å². The second kappa shape index (κ2) is 7.10. The van der Waals surface area contributed by atoms with E-state index in [4.69, 9.17) is 4.74 Å². The summed E-state index contributed by atoms with van der Waals surface area (Å²) in [5.74, 6) is 1.61. The topological polar surface area (TPSA) is 41.6 Å². The van der Waals surface area contributed by atoms with Gasteiger partial charge in [-0.15, -0.1) is 0 Å². The van der Waals surface area contributed by atoms with Gasteiger partial charge in [0.1, 0.15) is 0 Å². The Balaban J connectivity index is 1.70. The summed E-state index contributed by atoms with van der Waals surface area (Å²) in [5.41, 5.74) is 0. The molecule has 18 heavy (non-hydrogen) atoms. The van der Waals surface area contributed by atoms with Crippen LogP contribution < -0.4 is 5.32 Å². The van der Waals surface area contributed by atoms with E-state index >= 15 is 0 Å². The number of ether oxygens (including phenoxy) is 1. The Hall–Kier alpha value is -0.610. The van der Waals surface area contributed by atoms with E-state index in [-0.39, 0.29) is 0 Å². The number of hydrogen-bond acceptors (Lipinski definition) is 3. The Labute approximate surface area is 110 Å². The van der Waals surface area contributed by atoms with Gasteiger partial charge in [0, 0.05) is 26.6 Å². The normalized spacial score (nSPS) is 28.6. The maximum absolute atomic E-state index is 12.2. The average molecular weight is 254 g/mol. The van der Waals surface area contributed by atoms with Gasteiger partial charge in [-0.3, -0.25) is 4.79 Å². The van der Waals surface area contributed by atoms with Gasteiger partial charge in [0.2, 0.25) is 5.91 Å². The standard InChI is InChI=1S/C14H26N2O2/c1-18-11-13-3-2-8-16(10-13)14(17)5-4-12-6-7-15-9-12/h12-13,15H,2-11H2,1H3. The number of likely N-dealkylation sites (tertiary alicyclic amines) is 1. The molecule has 0 saturated carbocycles. The van der Waals surface area contributed by atoms with Crippen LogP contribution in [0.2, 0.25) is 0 Å². The smallest absolute Gasteiger partial charge is 0.222 e. The van der Waals surface area contributed by atoms with Crippen molar-refractivity contribution in [2.75, 3.05) is 39.9 Å². The molecular formula is C14H26N2O2. The number of carbonyl (C=O) groups excluding carboxylic acids is 1. The maximum atomic E-state index is 12.2. The van der Waals surface area contributed by atoms with E-state index < -0.39 is 0 Å². The summed E-state index contributed by atoms with van der Waals surface area (Å²) in [6, 6.07) is 0. The second-order valence-electron chi connectivity index (χ2n) is 5.70. The van der Waals surface area contributed by atoms with Crippen LogP contribution in [0.3, 0.4) is 0 Å². The molecule has 0 aromatic rings. The van der Waals surface area contributed by atoms with E-state index in [0.29, 0.717) is 17.7 Å². The van der Waals surface area contributed by atoms with E-state index in [1.54, 1.807) is 7.11 Å². The van der Waals surface area contributed by atoms with Crippen LogP contribution in [0.4, 0.5) is 0 Å². The Morgan fingerprint density at radius 3 is 3.00 bits per heavy atom.